The number of nitro groups is 1. The molecule has 0 aliphatic rings. The zero-order valence-corrected chi connectivity index (χ0v) is 10.7. The van der Waals surface area contributed by atoms with Crippen LogP contribution >= 0.6 is 22.9 Å². The third-order valence-corrected chi connectivity index (χ3v) is 3.25. The summed E-state index contributed by atoms with van der Waals surface area (Å²) in [5.74, 6) is 0. The van der Waals surface area contributed by atoms with Crippen molar-refractivity contribution in [1.29, 1.82) is 0 Å². The van der Waals surface area contributed by atoms with E-state index in [1.165, 1.54) is 11.3 Å². The average molecular weight is 270 g/mol. The fourth-order valence-electron chi connectivity index (χ4n) is 1.52. The highest BCUT2D eigenvalue weighted by Crippen LogP contribution is 2.33. The maximum atomic E-state index is 11.0. The van der Waals surface area contributed by atoms with E-state index < -0.39 is 4.92 Å². The zero-order chi connectivity index (χ0) is 12.6. The Morgan fingerprint density at radius 3 is 2.65 bits per heavy atom. The Morgan fingerprint density at radius 2 is 2.12 bits per heavy atom. The molecule has 0 aliphatic heterocycles. The fraction of sp³-hybridized carbons (Fsp3) is 0.200. The maximum Gasteiger partial charge on any atom is 0.316 e. The standard InChI is InChI=1S/C10H8ClN3O2S/c1-5-3-7(4-17-5)8-9(14(15)16)6(2)12-10(11)13-8/h3-4H,1-2H3. The van der Waals surface area contributed by atoms with Crippen molar-refractivity contribution in [3.8, 4) is 11.3 Å². The molecule has 0 unspecified atom stereocenters. The molecule has 88 valence electrons. The molecule has 0 aliphatic carbocycles. The Bertz CT molecular complexity index is 597. The van der Waals surface area contributed by atoms with Crippen LogP contribution in [0.15, 0.2) is 11.4 Å². The van der Waals surface area contributed by atoms with Gasteiger partial charge in [-0.1, -0.05) is 0 Å². The Morgan fingerprint density at radius 1 is 1.41 bits per heavy atom. The van der Waals surface area contributed by atoms with Crippen LogP contribution in [0.3, 0.4) is 0 Å². The normalized spacial score (nSPS) is 10.5. The molecule has 0 atom stereocenters. The van der Waals surface area contributed by atoms with Crippen molar-refractivity contribution in [2.75, 3.05) is 0 Å². The highest BCUT2D eigenvalue weighted by molar-refractivity contribution is 7.10. The maximum absolute atomic E-state index is 11.0. The van der Waals surface area contributed by atoms with E-state index in [4.69, 9.17) is 11.6 Å². The molecule has 2 rings (SSSR count). The predicted molar refractivity (Wildman–Crippen MR) is 66.5 cm³/mol. The minimum absolute atomic E-state index is 0.0203. The van der Waals surface area contributed by atoms with E-state index in [1.807, 2.05) is 18.4 Å². The Kier molecular flexibility index (Phi) is 3.08. The van der Waals surface area contributed by atoms with E-state index in [9.17, 15) is 10.1 Å². The molecule has 0 amide bonds. The molecule has 2 aromatic rings. The number of nitrogens with zero attached hydrogens (tertiary/aromatic N) is 3. The van der Waals surface area contributed by atoms with Crippen molar-refractivity contribution in [3.63, 3.8) is 0 Å². The van der Waals surface area contributed by atoms with Crippen molar-refractivity contribution < 1.29 is 4.92 Å². The van der Waals surface area contributed by atoms with Crippen LogP contribution in [0.4, 0.5) is 5.69 Å². The first-order valence-corrected chi connectivity index (χ1v) is 5.99. The number of hydrogen-bond donors (Lipinski definition) is 0. The van der Waals surface area contributed by atoms with E-state index in [0.29, 0.717) is 5.56 Å². The predicted octanol–water partition coefficient (Wildman–Crippen LogP) is 3.38. The number of aryl methyl sites for hydroxylation is 2. The molecular weight excluding hydrogens is 262 g/mol. The van der Waals surface area contributed by atoms with Gasteiger partial charge in [0.1, 0.15) is 5.69 Å². The second-order valence-corrected chi connectivity index (χ2v) is 4.93. The van der Waals surface area contributed by atoms with Crippen LogP contribution in [0.5, 0.6) is 0 Å². The molecule has 17 heavy (non-hydrogen) atoms. The van der Waals surface area contributed by atoms with Crippen molar-refractivity contribution in [3.05, 3.63) is 37.4 Å². The Hall–Kier alpha value is -1.53. The molecule has 0 radical (unpaired) electrons. The summed E-state index contributed by atoms with van der Waals surface area (Å²) in [5.41, 5.74) is 1.16. The highest BCUT2D eigenvalue weighted by Gasteiger charge is 2.23. The molecule has 0 saturated heterocycles. The average Bonchev–Trinajstić information content (AvgIpc) is 2.62. The summed E-state index contributed by atoms with van der Waals surface area (Å²) in [6.45, 7) is 3.48. The van der Waals surface area contributed by atoms with Gasteiger partial charge in [-0.05, 0) is 31.5 Å². The molecule has 2 aromatic heterocycles. The first-order chi connectivity index (χ1) is 7.99. The molecule has 0 fully saturated rings. The third kappa shape index (κ3) is 2.27. The first kappa shape index (κ1) is 11.9. The molecule has 5 nitrogen and oxygen atoms in total. The summed E-state index contributed by atoms with van der Waals surface area (Å²) >= 11 is 7.25. The van der Waals surface area contributed by atoms with Gasteiger partial charge < -0.3 is 0 Å². The Balaban J connectivity index is 2.71. The molecule has 0 bridgehead atoms. The van der Waals surface area contributed by atoms with E-state index in [-0.39, 0.29) is 22.4 Å². The Labute approximate surface area is 106 Å². The summed E-state index contributed by atoms with van der Waals surface area (Å²) < 4.78 is 0. The monoisotopic (exact) mass is 269 g/mol. The minimum atomic E-state index is -0.478. The number of halogens is 1. The summed E-state index contributed by atoms with van der Waals surface area (Å²) in [6, 6.07) is 1.84. The van der Waals surface area contributed by atoms with Crippen LogP contribution in [0.1, 0.15) is 10.6 Å². The second-order valence-electron chi connectivity index (χ2n) is 3.48. The quantitative estimate of drug-likeness (QED) is 0.476. The van der Waals surface area contributed by atoms with Crippen LogP contribution < -0.4 is 0 Å². The van der Waals surface area contributed by atoms with Crippen LogP contribution in [0.25, 0.3) is 11.3 Å². The van der Waals surface area contributed by atoms with Crippen LogP contribution in [0, 0.1) is 24.0 Å². The molecule has 0 aromatic carbocycles. The lowest BCUT2D eigenvalue weighted by molar-refractivity contribution is -0.385. The minimum Gasteiger partial charge on any atom is -0.258 e. The van der Waals surface area contributed by atoms with Gasteiger partial charge in [0.15, 0.2) is 5.69 Å². The van der Waals surface area contributed by atoms with Gasteiger partial charge in [-0.15, -0.1) is 11.3 Å². The smallest absolute Gasteiger partial charge is 0.258 e. The van der Waals surface area contributed by atoms with Crippen LogP contribution in [0.2, 0.25) is 5.28 Å². The van der Waals surface area contributed by atoms with E-state index in [2.05, 4.69) is 9.97 Å². The largest absolute Gasteiger partial charge is 0.316 e. The summed E-state index contributed by atoms with van der Waals surface area (Å²) in [7, 11) is 0. The third-order valence-electron chi connectivity index (χ3n) is 2.22. The number of hydrogen-bond acceptors (Lipinski definition) is 5. The number of aromatic nitrogens is 2. The van der Waals surface area contributed by atoms with Gasteiger partial charge >= 0.3 is 5.69 Å². The topological polar surface area (TPSA) is 68.9 Å². The van der Waals surface area contributed by atoms with E-state index in [0.717, 1.165) is 4.88 Å². The SMILES string of the molecule is Cc1cc(-c2nc(Cl)nc(C)c2[N+](=O)[O-])cs1. The van der Waals surface area contributed by atoms with Gasteiger partial charge in [0.2, 0.25) is 5.28 Å². The molecule has 0 spiro atoms. The van der Waals surface area contributed by atoms with Gasteiger partial charge in [0, 0.05) is 15.8 Å². The van der Waals surface area contributed by atoms with E-state index in [1.54, 1.807) is 6.92 Å². The van der Waals surface area contributed by atoms with Crippen LogP contribution in [-0.2, 0) is 0 Å². The van der Waals surface area contributed by atoms with Gasteiger partial charge in [0.05, 0.1) is 4.92 Å². The molecule has 7 heteroatoms. The first-order valence-electron chi connectivity index (χ1n) is 4.73. The summed E-state index contributed by atoms with van der Waals surface area (Å²) in [5, 5.41) is 12.9. The van der Waals surface area contributed by atoms with Crippen molar-refractivity contribution >= 4 is 28.6 Å². The summed E-state index contributed by atoms with van der Waals surface area (Å²) in [6.07, 6.45) is 0. The zero-order valence-electron chi connectivity index (χ0n) is 9.10. The van der Waals surface area contributed by atoms with Gasteiger partial charge in [-0.3, -0.25) is 10.1 Å². The molecule has 0 N–H and O–H groups in total. The van der Waals surface area contributed by atoms with E-state index >= 15 is 0 Å². The second kappa shape index (κ2) is 4.38. The molecular formula is C10H8ClN3O2S. The number of rotatable bonds is 2. The van der Waals surface area contributed by atoms with Crippen LogP contribution in [-0.4, -0.2) is 14.9 Å². The van der Waals surface area contributed by atoms with Gasteiger partial charge in [-0.25, -0.2) is 9.97 Å². The van der Waals surface area contributed by atoms with Crippen molar-refractivity contribution in [1.82, 2.24) is 9.97 Å². The highest BCUT2D eigenvalue weighted by atomic mass is 35.5. The number of thiophene rings is 1. The lowest BCUT2D eigenvalue weighted by Gasteiger charge is -2.02. The molecule has 0 saturated carbocycles. The molecule has 2 heterocycles. The lowest BCUT2D eigenvalue weighted by Crippen LogP contribution is -2.00. The van der Waals surface area contributed by atoms with Crippen molar-refractivity contribution in [2.45, 2.75) is 13.8 Å². The lowest BCUT2D eigenvalue weighted by atomic mass is 10.1. The van der Waals surface area contributed by atoms with Crippen molar-refractivity contribution in [2.24, 2.45) is 0 Å². The van der Waals surface area contributed by atoms with Gasteiger partial charge in [0.25, 0.3) is 0 Å². The van der Waals surface area contributed by atoms with Gasteiger partial charge in [-0.2, -0.15) is 0 Å². The fourth-order valence-corrected chi connectivity index (χ4v) is 2.42. The summed E-state index contributed by atoms with van der Waals surface area (Å²) in [4.78, 5) is 19.4.